The fourth-order valence-corrected chi connectivity index (χ4v) is 4.33. The summed E-state index contributed by atoms with van der Waals surface area (Å²) in [6.45, 7) is 5.69. The van der Waals surface area contributed by atoms with E-state index in [1.807, 2.05) is 30.5 Å². The molecule has 0 amide bonds. The molecule has 0 spiro atoms. The van der Waals surface area contributed by atoms with Crippen molar-refractivity contribution in [1.29, 1.82) is 0 Å². The molecule has 1 aliphatic rings. The Hall–Kier alpha value is -2.61. The van der Waals surface area contributed by atoms with Crippen LogP contribution in [0.15, 0.2) is 28.0 Å². The van der Waals surface area contributed by atoms with E-state index in [-0.39, 0.29) is 17.3 Å². The minimum atomic E-state index is -0.0568. The summed E-state index contributed by atoms with van der Waals surface area (Å²) < 4.78 is 7.52. The molecule has 1 aliphatic carbocycles. The number of rotatable bonds is 8. The number of aryl methyl sites for hydroxylation is 1. The van der Waals surface area contributed by atoms with Gasteiger partial charge in [-0.2, -0.15) is 0 Å². The highest BCUT2D eigenvalue weighted by molar-refractivity contribution is 7.99. The van der Waals surface area contributed by atoms with Gasteiger partial charge >= 0.3 is 0 Å². The molecule has 28 heavy (non-hydrogen) atoms. The Labute approximate surface area is 166 Å². The van der Waals surface area contributed by atoms with Crippen LogP contribution in [0.25, 0.3) is 0 Å². The first-order valence-corrected chi connectivity index (χ1v) is 10.3. The third-order valence-corrected chi connectivity index (χ3v) is 5.95. The van der Waals surface area contributed by atoms with Crippen molar-refractivity contribution in [2.75, 3.05) is 5.75 Å². The fourth-order valence-electron chi connectivity index (χ4n) is 3.52. The van der Waals surface area contributed by atoms with Crippen molar-refractivity contribution < 1.29 is 14.0 Å². The molecule has 0 aliphatic heterocycles. The molecular formula is C20H22N4O3S. The average Bonchev–Trinajstić information content (AvgIpc) is 3.08. The van der Waals surface area contributed by atoms with Crippen LogP contribution in [0.2, 0.25) is 0 Å². The van der Waals surface area contributed by atoms with Crippen molar-refractivity contribution in [2.45, 2.75) is 51.2 Å². The second-order valence-corrected chi connectivity index (χ2v) is 8.12. The number of furan rings is 1. The lowest BCUT2D eigenvalue weighted by Crippen LogP contribution is -2.09. The smallest absolute Gasteiger partial charge is 0.192 e. The maximum atomic E-state index is 12.8. The third-order valence-electron chi connectivity index (χ3n) is 4.98. The molecule has 4 rings (SSSR count). The number of thioether (sulfide) groups is 1. The third kappa shape index (κ3) is 3.56. The number of ketones is 2. The second kappa shape index (κ2) is 7.43. The minimum Gasteiger partial charge on any atom is -0.467 e. The molecule has 0 radical (unpaired) electrons. The standard InChI is InChI=1S/C20H22N4O3S/c1-11-17(13(3)25)12(2)21-18(11)16(26)10-28-20-23-22-19(14-6-7-14)24(20)9-15-5-4-8-27-15/h4-5,8,14,21H,6-7,9-10H2,1-3H3. The summed E-state index contributed by atoms with van der Waals surface area (Å²) in [5.74, 6) is 2.36. The maximum absolute atomic E-state index is 12.8. The van der Waals surface area contributed by atoms with Crippen LogP contribution >= 0.6 is 11.8 Å². The van der Waals surface area contributed by atoms with Gasteiger partial charge in [0, 0.05) is 17.2 Å². The lowest BCUT2D eigenvalue weighted by atomic mass is 10.1. The average molecular weight is 398 g/mol. The second-order valence-electron chi connectivity index (χ2n) is 7.17. The number of carbonyl (C=O) groups excluding carboxylic acids is 2. The van der Waals surface area contributed by atoms with Gasteiger partial charge < -0.3 is 9.40 Å². The predicted octanol–water partition coefficient (Wildman–Crippen LogP) is 3.92. The normalized spacial score (nSPS) is 13.8. The predicted molar refractivity (Wildman–Crippen MR) is 105 cm³/mol. The van der Waals surface area contributed by atoms with Crippen LogP contribution in [0.4, 0.5) is 0 Å². The van der Waals surface area contributed by atoms with E-state index in [9.17, 15) is 9.59 Å². The highest BCUT2D eigenvalue weighted by Gasteiger charge is 2.31. The number of aromatic amines is 1. The zero-order valence-corrected chi connectivity index (χ0v) is 16.9. The van der Waals surface area contributed by atoms with Crippen LogP contribution in [0.1, 0.15) is 69.4 Å². The monoisotopic (exact) mass is 398 g/mol. The van der Waals surface area contributed by atoms with E-state index in [1.54, 1.807) is 6.26 Å². The summed E-state index contributed by atoms with van der Waals surface area (Å²) in [5, 5.41) is 9.38. The Morgan fingerprint density at radius 3 is 2.71 bits per heavy atom. The molecule has 146 valence electrons. The highest BCUT2D eigenvalue weighted by Crippen LogP contribution is 2.40. The number of H-pyrrole nitrogens is 1. The van der Waals surface area contributed by atoms with Gasteiger partial charge in [0.15, 0.2) is 16.7 Å². The molecule has 1 N–H and O–H groups in total. The van der Waals surface area contributed by atoms with E-state index in [2.05, 4.69) is 15.2 Å². The van der Waals surface area contributed by atoms with Crippen molar-refractivity contribution in [3.05, 3.63) is 52.5 Å². The number of hydrogen-bond donors (Lipinski definition) is 1. The van der Waals surface area contributed by atoms with E-state index in [0.29, 0.717) is 34.4 Å². The van der Waals surface area contributed by atoms with Gasteiger partial charge in [0.25, 0.3) is 0 Å². The minimum absolute atomic E-state index is 0.0368. The number of nitrogens with one attached hydrogen (secondary N) is 1. The Morgan fingerprint density at radius 1 is 1.32 bits per heavy atom. The van der Waals surface area contributed by atoms with Crippen LogP contribution in [0.3, 0.4) is 0 Å². The Kier molecular flexibility index (Phi) is 4.97. The molecule has 1 saturated carbocycles. The number of aromatic nitrogens is 4. The molecule has 3 heterocycles. The molecule has 3 aromatic heterocycles. The Morgan fingerprint density at radius 2 is 2.11 bits per heavy atom. The molecular weight excluding hydrogens is 376 g/mol. The largest absolute Gasteiger partial charge is 0.467 e. The molecule has 0 bridgehead atoms. The van der Waals surface area contributed by atoms with Crippen molar-refractivity contribution in [2.24, 2.45) is 0 Å². The molecule has 1 fully saturated rings. The van der Waals surface area contributed by atoms with E-state index in [0.717, 1.165) is 30.1 Å². The summed E-state index contributed by atoms with van der Waals surface area (Å²) in [7, 11) is 0. The van der Waals surface area contributed by atoms with E-state index in [1.165, 1.54) is 18.7 Å². The fraction of sp³-hybridized carbons (Fsp3) is 0.400. The lowest BCUT2D eigenvalue weighted by molar-refractivity contribution is 0.101. The lowest BCUT2D eigenvalue weighted by Gasteiger charge is -2.08. The molecule has 0 saturated heterocycles. The Bertz CT molecular complexity index is 1030. The van der Waals surface area contributed by atoms with Gasteiger partial charge in [-0.15, -0.1) is 10.2 Å². The van der Waals surface area contributed by atoms with Crippen LogP contribution in [-0.4, -0.2) is 37.1 Å². The summed E-state index contributed by atoms with van der Waals surface area (Å²) in [6, 6.07) is 3.78. The van der Waals surface area contributed by atoms with E-state index in [4.69, 9.17) is 4.42 Å². The summed E-state index contributed by atoms with van der Waals surface area (Å²) in [4.78, 5) is 27.6. The topological polar surface area (TPSA) is 93.8 Å². The first-order chi connectivity index (χ1) is 13.5. The van der Waals surface area contributed by atoms with Gasteiger partial charge in [-0.05, 0) is 51.3 Å². The molecule has 0 atom stereocenters. The zero-order valence-electron chi connectivity index (χ0n) is 16.1. The van der Waals surface area contributed by atoms with Crippen LogP contribution in [0, 0.1) is 13.8 Å². The van der Waals surface area contributed by atoms with Gasteiger partial charge in [-0.1, -0.05) is 11.8 Å². The molecule has 8 heteroatoms. The Balaban J connectivity index is 1.53. The first-order valence-electron chi connectivity index (χ1n) is 9.27. The number of nitrogens with zero attached hydrogens (tertiary/aromatic N) is 3. The highest BCUT2D eigenvalue weighted by atomic mass is 32.2. The van der Waals surface area contributed by atoms with Crippen LogP contribution in [0.5, 0.6) is 0 Å². The van der Waals surface area contributed by atoms with Crippen molar-refractivity contribution in [1.82, 2.24) is 19.7 Å². The maximum Gasteiger partial charge on any atom is 0.192 e. The number of hydrogen-bond acceptors (Lipinski definition) is 6. The summed E-state index contributed by atoms with van der Waals surface area (Å²) in [5.41, 5.74) is 2.54. The molecule has 0 unspecified atom stereocenters. The van der Waals surface area contributed by atoms with Crippen molar-refractivity contribution in [3.63, 3.8) is 0 Å². The SMILES string of the molecule is CC(=O)c1c(C)[nH]c(C(=O)CSc2nnc(C3CC3)n2Cc2ccco2)c1C. The van der Waals surface area contributed by atoms with Gasteiger partial charge in [0.2, 0.25) is 0 Å². The van der Waals surface area contributed by atoms with Gasteiger partial charge in [0.1, 0.15) is 11.6 Å². The van der Waals surface area contributed by atoms with Gasteiger partial charge in [0.05, 0.1) is 24.3 Å². The van der Waals surface area contributed by atoms with E-state index >= 15 is 0 Å². The number of Topliss-reactive ketones (excluding diaryl/α,β-unsaturated/α-hetero) is 2. The molecule has 7 nitrogen and oxygen atoms in total. The van der Waals surface area contributed by atoms with Crippen LogP contribution in [-0.2, 0) is 6.54 Å². The first kappa shape index (κ1) is 18.7. The quantitative estimate of drug-likeness (QED) is 0.457. The van der Waals surface area contributed by atoms with Crippen molar-refractivity contribution in [3.8, 4) is 0 Å². The van der Waals surface area contributed by atoms with Gasteiger partial charge in [-0.3, -0.25) is 14.2 Å². The zero-order chi connectivity index (χ0) is 19.8. The number of carbonyl (C=O) groups is 2. The van der Waals surface area contributed by atoms with E-state index < -0.39 is 0 Å². The van der Waals surface area contributed by atoms with Crippen molar-refractivity contribution >= 4 is 23.3 Å². The van der Waals surface area contributed by atoms with Crippen LogP contribution < -0.4 is 0 Å². The van der Waals surface area contributed by atoms with Gasteiger partial charge in [-0.25, -0.2) is 0 Å². The molecule has 3 aromatic rings. The molecule has 0 aromatic carbocycles. The summed E-state index contributed by atoms with van der Waals surface area (Å²) in [6.07, 6.45) is 3.89. The summed E-state index contributed by atoms with van der Waals surface area (Å²) >= 11 is 1.36.